The fourth-order valence-electron chi connectivity index (χ4n) is 2.61. The number of carbonyl (C=O) groups excluding carboxylic acids is 1. The van der Waals surface area contributed by atoms with Gasteiger partial charge >= 0.3 is 6.18 Å². The molecule has 0 radical (unpaired) electrons. The van der Waals surface area contributed by atoms with E-state index < -0.39 is 12.6 Å². The van der Waals surface area contributed by atoms with Gasteiger partial charge in [-0.2, -0.15) is 13.2 Å². The number of fused-ring (bicyclic) bond motifs is 1. The van der Waals surface area contributed by atoms with Crippen molar-refractivity contribution >= 4 is 11.6 Å². The van der Waals surface area contributed by atoms with Crippen LogP contribution < -0.4 is 10.6 Å². The number of amides is 1. The highest BCUT2D eigenvalue weighted by atomic mass is 19.4. The average Bonchev–Trinajstić information content (AvgIpc) is 2.41. The SMILES string of the molecule is CC1CC(C(=O)NCCCC(F)(F)F)c2ccccc2N1. The van der Waals surface area contributed by atoms with Crippen molar-refractivity contribution in [2.45, 2.75) is 44.3 Å². The van der Waals surface area contributed by atoms with Gasteiger partial charge in [-0.25, -0.2) is 0 Å². The zero-order chi connectivity index (χ0) is 15.5. The molecule has 21 heavy (non-hydrogen) atoms. The van der Waals surface area contributed by atoms with Crippen LogP contribution in [0.3, 0.4) is 0 Å². The third-order valence-electron chi connectivity index (χ3n) is 3.58. The number of carbonyl (C=O) groups is 1. The van der Waals surface area contributed by atoms with Gasteiger partial charge in [0, 0.05) is 24.7 Å². The number of hydrogen-bond acceptors (Lipinski definition) is 2. The summed E-state index contributed by atoms with van der Waals surface area (Å²) in [6, 6.07) is 7.71. The van der Waals surface area contributed by atoms with Crippen LogP contribution in [0, 0.1) is 0 Å². The summed E-state index contributed by atoms with van der Waals surface area (Å²) >= 11 is 0. The molecule has 1 amide bonds. The van der Waals surface area contributed by atoms with Crippen LogP contribution in [0.15, 0.2) is 24.3 Å². The molecule has 1 heterocycles. The van der Waals surface area contributed by atoms with Crippen LogP contribution in [0.4, 0.5) is 18.9 Å². The number of anilines is 1. The van der Waals surface area contributed by atoms with Gasteiger partial charge in [-0.3, -0.25) is 4.79 Å². The first-order chi connectivity index (χ1) is 9.87. The summed E-state index contributed by atoms with van der Waals surface area (Å²) in [4.78, 5) is 12.2. The second-order valence-electron chi connectivity index (χ2n) is 5.43. The minimum atomic E-state index is -4.17. The van der Waals surface area contributed by atoms with Crippen molar-refractivity contribution in [1.82, 2.24) is 5.32 Å². The fraction of sp³-hybridized carbons (Fsp3) is 0.533. The topological polar surface area (TPSA) is 41.1 Å². The first-order valence-corrected chi connectivity index (χ1v) is 7.07. The number of alkyl halides is 3. The Morgan fingerprint density at radius 3 is 2.81 bits per heavy atom. The molecule has 1 aliphatic rings. The minimum absolute atomic E-state index is 0.0544. The highest BCUT2D eigenvalue weighted by Gasteiger charge is 2.30. The molecule has 2 N–H and O–H groups in total. The molecule has 0 aliphatic carbocycles. The Kier molecular flexibility index (Phi) is 4.75. The van der Waals surface area contributed by atoms with Crippen molar-refractivity contribution in [2.24, 2.45) is 0 Å². The molecule has 1 aromatic carbocycles. The molecule has 0 aromatic heterocycles. The lowest BCUT2D eigenvalue weighted by molar-refractivity contribution is -0.136. The van der Waals surface area contributed by atoms with Crippen molar-refractivity contribution in [3.8, 4) is 0 Å². The maximum atomic E-state index is 12.2. The van der Waals surface area contributed by atoms with E-state index in [2.05, 4.69) is 10.6 Å². The maximum absolute atomic E-state index is 12.2. The van der Waals surface area contributed by atoms with Gasteiger partial charge in [0.05, 0.1) is 5.92 Å². The highest BCUT2D eigenvalue weighted by molar-refractivity contribution is 5.86. The monoisotopic (exact) mass is 300 g/mol. The zero-order valence-electron chi connectivity index (χ0n) is 11.8. The molecule has 0 fully saturated rings. The Bertz CT molecular complexity index is 502. The molecule has 0 spiro atoms. The number of nitrogens with one attached hydrogen (secondary N) is 2. The summed E-state index contributed by atoms with van der Waals surface area (Å²) in [6.45, 7) is 2.04. The highest BCUT2D eigenvalue weighted by Crippen LogP contribution is 2.34. The van der Waals surface area contributed by atoms with Crippen LogP contribution in [0.25, 0.3) is 0 Å². The maximum Gasteiger partial charge on any atom is 0.389 e. The summed E-state index contributed by atoms with van der Waals surface area (Å²) in [6.07, 6.45) is -4.48. The number of para-hydroxylation sites is 1. The second kappa shape index (κ2) is 6.37. The lowest BCUT2D eigenvalue weighted by Crippen LogP contribution is -2.36. The summed E-state index contributed by atoms with van der Waals surface area (Å²) in [7, 11) is 0. The van der Waals surface area contributed by atoms with Gasteiger partial charge in [-0.1, -0.05) is 18.2 Å². The fourth-order valence-corrected chi connectivity index (χ4v) is 2.61. The Morgan fingerprint density at radius 1 is 1.38 bits per heavy atom. The standard InChI is InChI=1S/C15H19F3N2O/c1-10-9-12(11-5-2-3-6-13(11)20-10)14(21)19-8-4-7-15(16,17)18/h2-3,5-6,10,12,20H,4,7-9H2,1H3,(H,19,21). The van der Waals surface area contributed by atoms with Crippen LogP contribution in [0.1, 0.15) is 37.7 Å². The zero-order valence-corrected chi connectivity index (χ0v) is 11.8. The normalized spacial score (nSPS) is 21.3. The summed E-state index contributed by atoms with van der Waals surface area (Å²) in [5.41, 5.74) is 1.83. The van der Waals surface area contributed by atoms with Crippen molar-refractivity contribution in [3.05, 3.63) is 29.8 Å². The smallest absolute Gasteiger partial charge is 0.382 e. The van der Waals surface area contributed by atoms with E-state index in [1.54, 1.807) is 0 Å². The average molecular weight is 300 g/mol. The summed E-state index contributed by atoms with van der Waals surface area (Å²) in [5.74, 6) is -0.499. The minimum Gasteiger partial charge on any atom is -0.382 e. The molecular weight excluding hydrogens is 281 g/mol. The first kappa shape index (κ1) is 15.7. The predicted octanol–water partition coefficient (Wildman–Crippen LogP) is 3.43. The van der Waals surface area contributed by atoms with E-state index in [-0.39, 0.29) is 30.8 Å². The van der Waals surface area contributed by atoms with Gasteiger partial charge in [0.2, 0.25) is 5.91 Å². The second-order valence-corrected chi connectivity index (χ2v) is 5.43. The Balaban J connectivity index is 1.94. The summed E-state index contributed by atoms with van der Waals surface area (Å²) in [5, 5.41) is 5.92. The van der Waals surface area contributed by atoms with Gasteiger partial charge in [0.1, 0.15) is 0 Å². The first-order valence-electron chi connectivity index (χ1n) is 7.07. The summed E-state index contributed by atoms with van der Waals surface area (Å²) < 4.78 is 36.2. The molecule has 1 aliphatic heterocycles. The quantitative estimate of drug-likeness (QED) is 0.836. The van der Waals surface area contributed by atoms with E-state index >= 15 is 0 Å². The van der Waals surface area contributed by atoms with Crippen LogP contribution in [-0.4, -0.2) is 24.7 Å². The molecular formula is C15H19F3N2O. The molecule has 2 rings (SSSR count). The van der Waals surface area contributed by atoms with Gasteiger partial charge in [0.15, 0.2) is 0 Å². The van der Waals surface area contributed by atoms with E-state index in [0.29, 0.717) is 6.42 Å². The van der Waals surface area contributed by atoms with E-state index in [0.717, 1.165) is 11.3 Å². The molecule has 2 atom stereocenters. The van der Waals surface area contributed by atoms with E-state index in [9.17, 15) is 18.0 Å². The third kappa shape index (κ3) is 4.37. The largest absolute Gasteiger partial charge is 0.389 e. The molecule has 2 unspecified atom stereocenters. The predicted molar refractivity (Wildman–Crippen MR) is 75.2 cm³/mol. The van der Waals surface area contributed by atoms with E-state index in [1.165, 1.54) is 0 Å². The van der Waals surface area contributed by atoms with Crippen LogP contribution in [0.2, 0.25) is 0 Å². The Labute approximate surface area is 121 Å². The number of benzene rings is 1. The van der Waals surface area contributed by atoms with Gasteiger partial charge in [0.25, 0.3) is 0 Å². The van der Waals surface area contributed by atoms with Crippen molar-refractivity contribution < 1.29 is 18.0 Å². The molecule has 0 saturated carbocycles. The van der Waals surface area contributed by atoms with Crippen molar-refractivity contribution in [2.75, 3.05) is 11.9 Å². The lowest BCUT2D eigenvalue weighted by Gasteiger charge is -2.30. The molecule has 116 valence electrons. The third-order valence-corrected chi connectivity index (χ3v) is 3.58. The molecule has 0 saturated heterocycles. The Morgan fingerprint density at radius 2 is 2.10 bits per heavy atom. The van der Waals surface area contributed by atoms with Crippen molar-refractivity contribution in [1.29, 1.82) is 0 Å². The van der Waals surface area contributed by atoms with Crippen LogP contribution >= 0.6 is 0 Å². The van der Waals surface area contributed by atoms with Crippen LogP contribution in [-0.2, 0) is 4.79 Å². The van der Waals surface area contributed by atoms with Gasteiger partial charge < -0.3 is 10.6 Å². The van der Waals surface area contributed by atoms with Crippen molar-refractivity contribution in [3.63, 3.8) is 0 Å². The lowest BCUT2D eigenvalue weighted by atomic mass is 9.87. The number of hydrogen-bond donors (Lipinski definition) is 2. The molecule has 6 heteroatoms. The Hall–Kier alpha value is -1.72. The number of rotatable bonds is 4. The van der Waals surface area contributed by atoms with E-state index in [4.69, 9.17) is 0 Å². The molecule has 3 nitrogen and oxygen atoms in total. The van der Waals surface area contributed by atoms with Gasteiger partial charge in [-0.05, 0) is 31.4 Å². The number of halogens is 3. The van der Waals surface area contributed by atoms with E-state index in [1.807, 2.05) is 31.2 Å². The van der Waals surface area contributed by atoms with Gasteiger partial charge in [-0.15, -0.1) is 0 Å². The van der Waals surface area contributed by atoms with Crippen LogP contribution in [0.5, 0.6) is 0 Å². The molecule has 1 aromatic rings. The molecule has 0 bridgehead atoms.